The van der Waals surface area contributed by atoms with Gasteiger partial charge in [-0.3, -0.25) is 0 Å². The van der Waals surface area contributed by atoms with Crippen molar-refractivity contribution in [3.8, 4) is 5.75 Å². The van der Waals surface area contributed by atoms with Crippen LogP contribution >= 0.6 is 15.9 Å². The second-order valence-electron chi connectivity index (χ2n) is 5.79. The van der Waals surface area contributed by atoms with Crippen molar-refractivity contribution in [1.82, 2.24) is 0 Å². The molecule has 1 saturated carbocycles. The number of hydrogen-bond donors (Lipinski definition) is 1. The molecule has 1 aromatic rings. The Kier molecular flexibility index (Phi) is 2.62. The van der Waals surface area contributed by atoms with Crippen LogP contribution in [0.3, 0.4) is 0 Å². The van der Waals surface area contributed by atoms with Gasteiger partial charge >= 0.3 is 0 Å². The number of benzene rings is 1. The van der Waals surface area contributed by atoms with Crippen LogP contribution in [-0.4, -0.2) is 12.1 Å². The first-order valence-electron chi connectivity index (χ1n) is 6.30. The van der Waals surface area contributed by atoms with Gasteiger partial charge in [0.05, 0.1) is 16.2 Å². The normalized spacial score (nSPS) is 29.6. The van der Waals surface area contributed by atoms with E-state index in [2.05, 4.69) is 41.2 Å². The molecule has 0 saturated heterocycles. The van der Waals surface area contributed by atoms with E-state index in [-0.39, 0.29) is 11.5 Å². The van der Waals surface area contributed by atoms with Crippen LogP contribution in [0.1, 0.15) is 33.1 Å². The summed E-state index contributed by atoms with van der Waals surface area (Å²) in [6.45, 7) is 4.63. The highest BCUT2D eigenvalue weighted by Gasteiger charge is 2.43. The fourth-order valence-electron chi connectivity index (χ4n) is 3.07. The molecular weight excluding hydrogens is 278 g/mol. The van der Waals surface area contributed by atoms with Crippen LogP contribution in [0.5, 0.6) is 5.75 Å². The van der Waals surface area contributed by atoms with E-state index in [0.717, 1.165) is 15.9 Å². The largest absolute Gasteiger partial charge is 0.484 e. The summed E-state index contributed by atoms with van der Waals surface area (Å²) in [7, 11) is 0. The van der Waals surface area contributed by atoms with Gasteiger partial charge in [0.1, 0.15) is 6.10 Å². The zero-order chi connectivity index (χ0) is 12.0. The Morgan fingerprint density at radius 1 is 1.41 bits per heavy atom. The first-order valence-corrected chi connectivity index (χ1v) is 7.09. The van der Waals surface area contributed by atoms with E-state index in [9.17, 15) is 0 Å². The maximum Gasteiger partial charge on any atom is 0.157 e. The molecule has 0 spiro atoms. The van der Waals surface area contributed by atoms with E-state index in [4.69, 9.17) is 4.74 Å². The predicted molar refractivity (Wildman–Crippen MR) is 73.6 cm³/mol. The molecule has 0 aromatic heterocycles. The Labute approximate surface area is 111 Å². The lowest BCUT2D eigenvalue weighted by Crippen LogP contribution is -2.52. The quantitative estimate of drug-likeness (QED) is 0.774. The molecule has 0 radical (unpaired) electrons. The first kappa shape index (κ1) is 11.4. The predicted octanol–water partition coefficient (Wildman–Crippen LogP) is 4.20. The molecule has 0 amide bonds. The molecule has 3 rings (SSSR count). The van der Waals surface area contributed by atoms with Gasteiger partial charge in [0.2, 0.25) is 0 Å². The molecule has 92 valence electrons. The van der Waals surface area contributed by atoms with Gasteiger partial charge in [0.15, 0.2) is 5.75 Å². The van der Waals surface area contributed by atoms with Crippen LogP contribution in [0.25, 0.3) is 0 Å². The minimum atomic E-state index is 0.253. The SMILES string of the molecule is CC1(C)CCCC2Nc3cccc(Br)c3OC21. The van der Waals surface area contributed by atoms with Gasteiger partial charge < -0.3 is 10.1 Å². The Balaban J connectivity index is 1.99. The number of ether oxygens (including phenoxy) is 1. The molecule has 0 bridgehead atoms. The average molecular weight is 296 g/mol. The van der Waals surface area contributed by atoms with Crippen molar-refractivity contribution in [1.29, 1.82) is 0 Å². The third-order valence-corrected chi connectivity index (χ3v) is 4.65. The lowest BCUT2D eigenvalue weighted by molar-refractivity contribution is 0.0170. The standard InChI is InChI=1S/C14H18BrNO/c1-14(2)8-4-7-11-13(14)17-12-9(15)5-3-6-10(12)16-11/h3,5-6,11,13,16H,4,7-8H2,1-2H3. The second kappa shape index (κ2) is 3.91. The van der Waals surface area contributed by atoms with Crippen LogP contribution < -0.4 is 10.1 Å². The molecule has 17 heavy (non-hydrogen) atoms. The van der Waals surface area contributed by atoms with Gasteiger partial charge in [-0.05, 0) is 40.9 Å². The third-order valence-electron chi connectivity index (χ3n) is 4.02. The van der Waals surface area contributed by atoms with Gasteiger partial charge in [-0.25, -0.2) is 0 Å². The molecule has 2 unspecified atom stereocenters. The number of anilines is 1. The molecular formula is C14H18BrNO. The van der Waals surface area contributed by atoms with E-state index < -0.39 is 0 Å². The van der Waals surface area contributed by atoms with E-state index >= 15 is 0 Å². The van der Waals surface area contributed by atoms with Crippen molar-refractivity contribution in [2.24, 2.45) is 5.41 Å². The van der Waals surface area contributed by atoms with E-state index in [1.807, 2.05) is 12.1 Å². The smallest absolute Gasteiger partial charge is 0.157 e. The summed E-state index contributed by atoms with van der Waals surface area (Å²) in [5.41, 5.74) is 1.38. The summed E-state index contributed by atoms with van der Waals surface area (Å²) >= 11 is 3.57. The molecule has 1 heterocycles. The molecule has 1 aliphatic carbocycles. The lowest BCUT2D eigenvalue weighted by Gasteiger charge is -2.47. The zero-order valence-electron chi connectivity index (χ0n) is 10.3. The van der Waals surface area contributed by atoms with Crippen LogP contribution in [0.15, 0.2) is 22.7 Å². The lowest BCUT2D eigenvalue weighted by atomic mass is 9.72. The van der Waals surface area contributed by atoms with Crippen molar-refractivity contribution >= 4 is 21.6 Å². The van der Waals surface area contributed by atoms with Crippen LogP contribution in [-0.2, 0) is 0 Å². The summed E-state index contributed by atoms with van der Waals surface area (Å²) in [5, 5.41) is 3.64. The van der Waals surface area contributed by atoms with Crippen molar-refractivity contribution in [3.63, 3.8) is 0 Å². The fraction of sp³-hybridized carbons (Fsp3) is 0.571. The number of halogens is 1. The Morgan fingerprint density at radius 3 is 3.06 bits per heavy atom. The molecule has 2 nitrogen and oxygen atoms in total. The number of para-hydroxylation sites is 1. The Hall–Kier alpha value is -0.700. The third kappa shape index (κ3) is 1.85. The van der Waals surface area contributed by atoms with Gasteiger partial charge in [-0.15, -0.1) is 0 Å². The number of hydrogen-bond acceptors (Lipinski definition) is 2. The summed E-state index contributed by atoms with van der Waals surface area (Å²) in [4.78, 5) is 0. The van der Waals surface area contributed by atoms with Gasteiger partial charge in [-0.1, -0.05) is 26.3 Å². The molecule has 2 aliphatic rings. The average Bonchev–Trinajstić information content (AvgIpc) is 2.27. The number of rotatable bonds is 0. The molecule has 1 aliphatic heterocycles. The van der Waals surface area contributed by atoms with Crippen LogP contribution in [0, 0.1) is 5.41 Å². The molecule has 2 atom stereocenters. The van der Waals surface area contributed by atoms with Crippen molar-refractivity contribution < 1.29 is 4.74 Å². The maximum absolute atomic E-state index is 6.27. The summed E-state index contributed by atoms with van der Waals surface area (Å²) in [6.07, 6.45) is 4.02. The zero-order valence-corrected chi connectivity index (χ0v) is 11.9. The Bertz CT molecular complexity index is 444. The number of nitrogens with one attached hydrogen (secondary N) is 1. The Morgan fingerprint density at radius 2 is 2.24 bits per heavy atom. The highest BCUT2D eigenvalue weighted by molar-refractivity contribution is 9.10. The molecule has 1 aromatic carbocycles. The highest BCUT2D eigenvalue weighted by Crippen LogP contribution is 2.46. The molecule has 1 N–H and O–H groups in total. The van der Waals surface area contributed by atoms with Crippen molar-refractivity contribution in [2.45, 2.75) is 45.3 Å². The monoisotopic (exact) mass is 295 g/mol. The first-order chi connectivity index (χ1) is 8.08. The summed E-state index contributed by atoms with van der Waals surface area (Å²) in [6, 6.07) is 6.64. The minimum absolute atomic E-state index is 0.253. The van der Waals surface area contributed by atoms with Crippen molar-refractivity contribution in [3.05, 3.63) is 22.7 Å². The van der Waals surface area contributed by atoms with Gasteiger partial charge in [-0.2, -0.15) is 0 Å². The van der Waals surface area contributed by atoms with Gasteiger partial charge in [0.25, 0.3) is 0 Å². The highest BCUT2D eigenvalue weighted by atomic mass is 79.9. The van der Waals surface area contributed by atoms with E-state index in [0.29, 0.717) is 6.04 Å². The topological polar surface area (TPSA) is 21.3 Å². The second-order valence-corrected chi connectivity index (χ2v) is 6.64. The van der Waals surface area contributed by atoms with Crippen LogP contribution in [0.2, 0.25) is 0 Å². The summed E-state index contributed by atoms with van der Waals surface area (Å²) in [5.74, 6) is 0.976. The minimum Gasteiger partial charge on any atom is -0.484 e. The van der Waals surface area contributed by atoms with Crippen molar-refractivity contribution in [2.75, 3.05) is 5.32 Å². The number of fused-ring (bicyclic) bond motifs is 2. The van der Waals surface area contributed by atoms with E-state index in [1.54, 1.807) is 0 Å². The summed E-state index contributed by atoms with van der Waals surface area (Å²) < 4.78 is 7.32. The van der Waals surface area contributed by atoms with Crippen LogP contribution in [0.4, 0.5) is 5.69 Å². The molecule has 3 heteroatoms. The van der Waals surface area contributed by atoms with Gasteiger partial charge in [0, 0.05) is 5.41 Å². The molecule has 1 fully saturated rings. The fourth-order valence-corrected chi connectivity index (χ4v) is 3.53. The maximum atomic E-state index is 6.27. The van der Waals surface area contributed by atoms with E-state index in [1.165, 1.54) is 19.3 Å².